The molecule has 10 nitrogen and oxygen atoms in total. The van der Waals surface area contributed by atoms with E-state index < -0.39 is 11.9 Å². The zero-order chi connectivity index (χ0) is 22.4. The molecule has 1 saturated carbocycles. The maximum absolute atomic E-state index is 13.7. The standard InChI is InChI=1S/C20H25FN6O4/c1-27(2)17-7-6-16(25-26-17)24-20(29)14-4-5-15(21)23-19(14)22-12-10-13(11-12)31-9-8-18(28)30-3/h4-7,12-13H,8-11H2,1-3H3,(H,22,23)(H,24,25,29). The minimum absolute atomic E-state index is 0.0153. The number of esters is 1. The average molecular weight is 432 g/mol. The van der Waals surface area contributed by atoms with Crippen molar-refractivity contribution in [3.63, 3.8) is 0 Å². The second-order valence-corrected chi connectivity index (χ2v) is 7.29. The Kier molecular flexibility index (Phi) is 7.29. The lowest BCUT2D eigenvalue weighted by Gasteiger charge is -2.36. The fourth-order valence-corrected chi connectivity index (χ4v) is 2.97. The average Bonchev–Trinajstić information content (AvgIpc) is 2.72. The summed E-state index contributed by atoms with van der Waals surface area (Å²) in [5, 5.41) is 13.7. The Morgan fingerprint density at radius 2 is 1.97 bits per heavy atom. The fourth-order valence-electron chi connectivity index (χ4n) is 2.97. The summed E-state index contributed by atoms with van der Waals surface area (Å²) in [6, 6.07) is 5.82. The van der Waals surface area contributed by atoms with E-state index >= 15 is 0 Å². The normalized spacial score (nSPS) is 17.4. The van der Waals surface area contributed by atoms with Crippen molar-refractivity contribution < 1.29 is 23.5 Å². The lowest BCUT2D eigenvalue weighted by Crippen LogP contribution is -2.41. The highest BCUT2D eigenvalue weighted by atomic mass is 19.1. The Morgan fingerprint density at radius 3 is 2.61 bits per heavy atom. The molecule has 166 valence electrons. The molecule has 0 unspecified atom stereocenters. The molecular weight excluding hydrogens is 407 g/mol. The van der Waals surface area contributed by atoms with Crippen molar-refractivity contribution >= 4 is 29.3 Å². The first kappa shape index (κ1) is 22.3. The number of amides is 1. The van der Waals surface area contributed by atoms with E-state index in [0.717, 1.165) is 6.07 Å². The first-order valence-corrected chi connectivity index (χ1v) is 9.79. The third-order valence-corrected chi connectivity index (χ3v) is 4.78. The molecule has 0 aromatic carbocycles. The number of methoxy groups -OCH3 is 1. The smallest absolute Gasteiger partial charge is 0.307 e. The van der Waals surface area contributed by atoms with Crippen LogP contribution in [-0.2, 0) is 14.3 Å². The molecular formula is C20H25FN6O4. The number of anilines is 3. The van der Waals surface area contributed by atoms with Gasteiger partial charge in [-0.05, 0) is 37.1 Å². The Bertz CT molecular complexity index is 918. The van der Waals surface area contributed by atoms with Crippen molar-refractivity contribution in [3.8, 4) is 0 Å². The van der Waals surface area contributed by atoms with Crippen LogP contribution < -0.4 is 15.5 Å². The quantitative estimate of drug-likeness (QED) is 0.452. The zero-order valence-corrected chi connectivity index (χ0v) is 17.6. The van der Waals surface area contributed by atoms with E-state index in [2.05, 4.69) is 30.6 Å². The van der Waals surface area contributed by atoms with Crippen LogP contribution >= 0.6 is 0 Å². The van der Waals surface area contributed by atoms with Crippen LogP contribution in [-0.4, -0.2) is 67.0 Å². The van der Waals surface area contributed by atoms with Crippen LogP contribution in [0.5, 0.6) is 0 Å². The number of carbonyl (C=O) groups is 2. The van der Waals surface area contributed by atoms with Crippen molar-refractivity contribution in [2.75, 3.05) is 43.3 Å². The number of carbonyl (C=O) groups excluding carboxylic acids is 2. The molecule has 1 aliphatic rings. The third-order valence-electron chi connectivity index (χ3n) is 4.78. The van der Waals surface area contributed by atoms with Gasteiger partial charge in [-0.1, -0.05) is 0 Å². The van der Waals surface area contributed by atoms with Crippen molar-refractivity contribution in [1.82, 2.24) is 15.2 Å². The van der Waals surface area contributed by atoms with Crippen molar-refractivity contribution in [3.05, 3.63) is 35.8 Å². The van der Waals surface area contributed by atoms with Crippen LogP contribution in [0, 0.1) is 5.95 Å². The first-order valence-electron chi connectivity index (χ1n) is 9.79. The van der Waals surface area contributed by atoms with Crippen molar-refractivity contribution in [2.45, 2.75) is 31.4 Å². The van der Waals surface area contributed by atoms with E-state index in [4.69, 9.17) is 4.74 Å². The lowest BCUT2D eigenvalue weighted by atomic mass is 9.89. The molecule has 11 heteroatoms. The second-order valence-electron chi connectivity index (χ2n) is 7.29. The highest BCUT2D eigenvalue weighted by Gasteiger charge is 2.31. The second kappa shape index (κ2) is 10.1. The summed E-state index contributed by atoms with van der Waals surface area (Å²) in [5.41, 5.74) is 0.190. The van der Waals surface area contributed by atoms with Gasteiger partial charge in [0, 0.05) is 20.1 Å². The summed E-state index contributed by atoms with van der Waals surface area (Å²) in [4.78, 5) is 29.4. The molecule has 0 radical (unpaired) electrons. The summed E-state index contributed by atoms with van der Waals surface area (Å²) in [6.45, 7) is 0.281. The molecule has 1 fully saturated rings. The van der Waals surface area contributed by atoms with E-state index in [1.54, 1.807) is 17.0 Å². The van der Waals surface area contributed by atoms with E-state index in [1.807, 2.05) is 14.1 Å². The zero-order valence-electron chi connectivity index (χ0n) is 17.6. The number of nitrogens with one attached hydrogen (secondary N) is 2. The van der Waals surface area contributed by atoms with Gasteiger partial charge < -0.3 is 25.0 Å². The summed E-state index contributed by atoms with van der Waals surface area (Å²) in [6.07, 6.45) is 1.48. The molecule has 0 aliphatic heterocycles. The summed E-state index contributed by atoms with van der Waals surface area (Å²) in [7, 11) is 5.00. The molecule has 3 rings (SSSR count). The Labute approximate surface area is 179 Å². The number of hydrogen-bond acceptors (Lipinski definition) is 9. The van der Waals surface area contributed by atoms with Crippen molar-refractivity contribution in [1.29, 1.82) is 0 Å². The van der Waals surface area contributed by atoms with Crippen LogP contribution in [0.25, 0.3) is 0 Å². The highest BCUT2D eigenvalue weighted by Crippen LogP contribution is 2.28. The van der Waals surface area contributed by atoms with Gasteiger partial charge in [0.2, 0.25) is 5.95 Å². The SMILES string of the molecule is COC(=O)CCOC1CC(Nc2nc(F)ccc2C(=O)Nc2ccc(N(C)C)nn2)C1. The molecule has 0 atom stereocenters. The number of aromatic nitrogens is 3. The Balaban J connectivity index is 1.57. The molecule has 1 amide bonds. The maximum atomic E-state index is 13.7. The monoisotopic (exact) mass is 432 g/mol. The van der Waals surface area contributed by atoms with Crippen molar-refractivity contribution in [2.24, 2.45) is 0 Å². The Morgan fingerprint density at radius 1 is 1.19 bits per heavy atom. The van der Waals surface area contributed by atoms with E-state index in [-0.39, 0.29) is 48.3 Å². The van der Waals surface area contributed by atoms with Gasteiger partial charge in [0.05, 0.1) is 31.8 Å². The summed E-state index contributed by atoms with van der Waals surface area (Å²) >= 11 is 0. The number of nitrogens with zero attached hydrogens (tertiary/aromatic N) is 4. The van der Waals surface area contributed by atoms with Gasteiger partial charge in [-0.25, -0.2) is 4.98 Å². The minimum Gasteiger partial charge on any atom is -0.469 e. The summed E-state index contributed by atoms with van der Waals surface area (Å²) in [5.74, 6) is -0.430. The molecule has 0 spiro atoms. The van der Waals surface area contributed by atoms with Crippen LogP contribution in [0.4, 0.5) is 21.8 Å². The first-order chi connectivity index (χ1) is 14.9. The number of halogens is 1. The molecule has 31 heavy (non-hydrogen) atoms. The molecule has 2 heterocycles. The summed E-state index contributed by atoms with van der Waals surface area (Å²) < 4.78 is 23.9. The van der Waals surface area contributed by atoms with E-state index in [0.29, 0.717) is 18.7 Å². The molecule has 0 bridgehead atoms. The molecule has 2 N–H and O–H groups in total. The van der Waals surface area contributed by atoms with Crippen LogP contribution in [0.1, 0.15) is 29.6 Å². The molecule has 0 saturated heterocycles. The highest BCUT2D eigenvalue weighted by molar-refractivity contribution is 6.07. The lowest BCUT2D eigenvalue weighted by molar-refractivity contribution is -0.142. The van der Waals surface area contributed by atoms with Gasteiger partial charge in [-0.15, -0.1) is 10.2 Å². The van der Waals surface area contributed by atoms with Gasteiger partial charge in [-0.2, -0.15) is 4.39 Å². The van der Waals surface area contributed by atoms with E-state index in [1.165, 1.54) is 13.2 Å². The van der Waals surface area contributed by atoms with Gasteiger partial charge in [0.15, 0.2) is 11.6 Å². The predicted molar refractivity (Wildman–Crippen MR) is 112 cm³/mol. The predicted octanol–water partition coefficient (Wildman–Crippen LogP) is 1.85. The largest absolute Gasteiger partial charge is 0.469 e. The number of pyridine rings is 1. The van der Waals surface area contributed by atoms with E-state index in [9.17, 15) is 14.0 Å². The number of rotatable bonds is 9. The van der Waals surface area contributed by atoms with Crippen LogP contribution in [0.2, 0.25) is 0 Å². The number of hydrogen-bond donors (Lipinski definition) is 2. The van der Waals surface area contributed by atoms with Gasteiger partial charge in [0.25, 0.3) is 5.91 Å². The molecule has 2 aromatic heterocycles. The van der Waals surface area contributed by atoms with Gasteiger partial charge >= 0.3 is 5.97 Å². The Hall–Kier alpha value is -3.34. The molecule has 2 aromatic rings. The minimum atomic E-state index is -0.695. The fraction of sp³-hybridized carbons (Fsp3) is 0.450. The molecule has 1 aliphatic carbocycles. The topological polar surface area (TPSA) is 119 Å². The van der Waals surface area contributed by atoms with Gasteiger partial charge in [-0.3, -0.25) is 9.59 Å². The number of ether oxygens (including phenoxy) is 2. The third kappa shape index (κ3) is 6.07. The van der Waals surface area contributed by atoms with Gasteiger partial charge in [0.1, 0.15) is 5.82 Å². The maximum Gasteiger partial charge on any atom is 0.307 e. The van der Waals surface area contributed by atoms with Crippen LogP contribution in [0.15, 0.2) is 24.3 Å². The van der Waals surface area contributed by atoms with Crippen LogP contribution in [0.3, 0.4) is 0 Å².